The molecule has 0 saturated carbocycles. The third kappa shape index (κ3) is 23.2. The van der Waals surface area contributed by atoms with Crippen molar-refractivity contribution in [3.05, 3.63) is 12.2 Å². The van der Waals surface area contributed by atoms with Gasteiger partial charge in [-0.25, -0.2) is 0 Å². The van der Waals surface area contributed by atoms with Crippen LogP contribution in [0, 0.1) is 17.8 Å². The molecule has 3 atom stereocenters. The van der Waals surface area contributed by atoms with Crippen molar-refractivity contribution in [1.82, 2.24) is 0 Å². The molecule has 43 heavy (non-hydrogen) atoms. The predicted molar refractivity (Wildman–Crippen MR) is 177 cm³/mol. The van der Waals surface area contributed by atoms with Crippen molar-refractivity contribution in [2.75, 3.05) is 26.2 Å². The number of carbonyl (C=O) groups is 3. The smallest absolute Gasteiger partial charge is 0.311 e. The highest BCUT2D eigenvalue weighted by atomic mass is 16.4. The van der Waals surface area contributed by atoms with Gasteiger partial charge in [0.2, 0.25) is 0 Å². The lowest BCUT2D eigenvalue weighted by atomic mass is 10.00. The first-order valence-electron chi connectivity index (χ1n) is 17.7. The van der Waals surface area contributed by atoms with Gasteiger partial charge in [0, 0.05) is 0 Å². The molecule has 0 aromatic rings. The molecule has 252 valence electrons. The van der Waals surface area contributed by atoms with E-state index in [1.165, 1.54) is 109 Å². The van der Waals surface area contributed by atoms with E-state index in [0.29, 0.717) is 6.54 Å². The highest BCUT2D eigenvalue weighted by Crippen LogP contribution is 2.22. The van der Waals surface area contributed by atoms with Gasteiger partial charge in [-0.3, -0.25) is 14.4 Å². The van der Waals surface area contributed by atoms with Crippen molar-refractivity contribution >= 4 is 17.9 Å². The highest BCUT2D eigenvalue weighted by molar-refractivity contribution is 5.70. The topological polar surface area (TPSA) is 112 Å². The van der Waals surface area contributed by atoms with Gasteiger partial charge in [0.1, 0.15) is 17.8 Å². The standard InChI is InChI=1S/C36H67NO6/c1-5-6-7-8-9-10-11-12-13-14-15-16-17-18-19-20-21-22-23-24-25-26-27-37(28-31(2)34(38)39,29-32(3)35(40)41)30-33(4)36(42)43/h8-9,31-33H,5-7,10-30H2,1-4H3,(H2-,38,39,40,41,42,43)/p+1/b9-8+. The van der Waals surface area contributed by atoms with Crippen LogP contribution in [0.5, 0.6) is 0 Å². The summed E-state index contributed by atoms with van der Waals surface area (Å²) in [4.78, 5) is 34.9. The summed E-state index contributed by atoms with van der Waals surface area (Å²) in [5.41, 5.74) is 0. The second-order valence-electron chi connectivity index (χ2n) is 13.4. The van der Waals surface area contributed by atoms with Crippen molar-refractivity contribution in [3.8, 4) is 0 Å². The second kappa shape index (κ2) is 26.5. The lowest BCUT2D eigenvalue weighted by Crippen LogP contribution is -2.57. The molecule has 0 fully saturated rings. The zero-order valence-corrected chi connectivity index (χ0v) is 28.4. The molecule has 3 N–H and O–H groups in total. The molecule has 0 amide bonds. The van der Waals surface area contributed by atoms with E-state index in [2.05, 4.69) is 19.1 Å². The molecule has 7 nitrogen and oxygen atoms in total. The molecule has 0 aliphatic heterocycles. The van der Waals surface area contributed by atoms with Gasteiger partial charge in [-0.05, 0) is 52.9 Å². The van der Waals surface area contributed by atoms with Crippen LogP contribution in [0.4, 0.5) is 0 Å². The zero-order chi connectivity index (χ0) is 32.3. The maximum absolute atomic E-state index is 11.6. The molecule has 0 aliphatic carbocycles. The third-order valence-electron chi connectivity index (χ3n) is 8.89. The van der Waals surface area contributed by atoms with Crippen LogP contribution in [-0.2, 0) is 14.4 Å². The number of hydrogen-bond acceptors (Lipinski definition) is 3. The summed E-state index contributed by atoms with van der Waals surface area (Å²) >= 11 is 0. The SMILES string of the molecule is CCCC/C=C/CCCCCCCCCCCCCCCCCC[N+](CC(C)C(=O)O)(CC(C)C(=O)O)CC(C)C(=O)O. The van der Waals surface area contributed by atoms with Crippen molar-refractivity contribution in [3.63, 3.8) is 0 Å². The molecule has 0 heterocycles. The number of rotatable bonds is 31. The average molecular weight is 611 g/mol. The van der Waals surface area contributed by atoms with Gasteiger partial charge < -0.3 is 19.8 Å². The van der Waals surface area contributed by atoms with Crippen LogP contribution in [0.2, 0.25) is 0 Å². The predicted octanol–water partition coefficient (Wildman–Crippen LogP) is 9.34. The minimum Gasteiger partial charge on any atom is -0.481 e. The Labute approximate surface area is 264 Å². The largest absolute Gasteiger partial charge is 0.481 e. The summed E-state index contributed by atoms with van der Waals surface area (Å²) in [7, 11) is 0. The lowest BCUT2D eigenvalue weighted by Gasteiger charge is -2.42. The molecule has 0 bridgehead atoms. The molecule has 7 heteroatoms. The van der Waals surface area contributed by atoms with E-state index in [0.717, 1.165) is 19.3 Å². The summed E-state index contributed by atoms with van der Waals surface area (Å²) in [6.45, 7) is 8.50. The first-order chi connectivity index (χ1) is 20.5. The van der Waals surface area contributed by atoms with Crippen LogP contribution in [0.25, 0.3) is 0 Å². The Morgan fingerprint density at radius 3 is 1.07 bits per heavy atom. The Balaban J connectivity index is 4.12. The van der Waals surface area contributed by atoms with Crippen molar-refractivity contribution in [1.29, 1.82) is 0 Å². The van der Waals surface area contributed by atoms with Crippen LogP contribution < -0.4 is 0 Å². The van der Waals surface area contributed by atoms with Crippen LogP contribution in [0.1, 0.15) is 156 Å². The Bertz CT molecular complexity index is 697. The van der Waals surface area contributed by atoms with Crippen LogP contribution in [-0.4, -0.2) is 63.9 Å². The van der Waals surface area contributed by atoms with Crippen LogP contribution in [0.15, 0.2) is 12.2 Å². The number of carboxylic acids is 3. The summed E-state index contributed by atoms with van der Waals surface area (Å²) in [6, 6.07) is 0. The molecule has 0 aromatic heterocycles. The Morgan fingerprint density at radius 1 is 0.488 bits per heavy atom. The maximum Gasteiger partial charge on any atom is 0.311 e. The summed E-state index contributed by atoms with van der Waals surface area (Å²) in [6.07, 6.45) is 30.0. The van der Waals surface area contributed by atoms with E-state index in [9.17, 15) is 29.7 Å². The normalized spacial score (nSPS) is 15.3. The molecule has 0 aliphatic rings. The third-order valence-corrected chi connectivity index (χ3v) is 8.89. The van der Waals surface area contributed by atoms with Crippen molar-refractivity contribution in [2.24, 2.45) is 17.8 Å². The molecule has 3 unspecified atom stereocenters. The van der Waals surface area contributed by atoms with Gasteiger partial charge in [-0.2, -0.15) is 0 Å². The van der Waals surface area contributed by atoms with E-state index >= 15 is 0 Å². The maximum atomic E-state index is 11.6. The van der Waals surface area contributed by atoms with E-state index < -0.39 is 35.7 Å². The molecular formula is C36H68NO6+. The van der Waals surface area contributed by atoms with Crippen LogP contribution >= 0.6 is 0 Å². The molecular weight excluding hydrogens is 542 g/mol. The Morgan fingerprint density at radius 2 is 0.767 bits per heavy atom. The van der Waals surface area contributed by atoms with Crippen molar-refractivity contribution in [2.45, 2.75) is 156 Å². The van der Waals surface area contributed by atoms with Gasteiger partial charge in [-0.15, -0.1) is 0 Å². The van der Waals surface area contributed by atoms with Gasteiger partial charge >= 0.3 is 17.9 Å². The number of quaternary nitrogens is 1. The zero-order valence-electron chi connectivity index (χ0n) is 28.4. The number of hydrogen-bond donors (Lipinski definition) is 3. The lowest BCUT2D eigenvalue weighted by molar-refractivity contribution is -0.934. The van der Waals surface area contributed by atoms with E-state index in [-0.39, 0.29) is 24.1 Å². The first-order valence-corrected chi connectivity index (χ1v) is 17.7. The molecule has 0 saturated heterocycles. The number of carboxylic acid groups (broad SMARTS) is 3. The number of unbranched alkanes of at least 4 members (excludes halogenated alkanes) is 18. The van der Waals surface area contributed by atoms with Gasteiger partial charge in [-0.1, -0.05) is 115 Å². The highest BCUT2D eigenvalue weighted by Gasteiger charge is 2.38. The van der Waals surface area contributed by atoms with Gasteiger partial charge in [0.15, 0.2) is 0 Å². The Hall–Kier alpha value is -1.89. The fraction of sp³-hybridized carbons (Fsp3) is 0.861. The fourth-order valence-electron chi connectivity index (χ4n) is 6.22. The fourth-order valence-corrected chi connectivity index (χ4v) is 6.22. The van der Waals surface area contributed by atoms with Crippen molar-refractivity contribution < 1.29 is 34.2 Å². The van der Waals surface area contributed by atoms with E-state index in [1.807, 2.05) is 0 Å². The molecule has 0 spiro atoms. The van der Waals surface area contributed by atoms with E-state index in [1.54, 1.807) is 20.8 Å². The van der Waals surface area contributed by atoms with E-state index in [4.69, 9.17) is 0 Å². The quantitative estimate of drug-likeness (QED) is 0.0410. The summed E-state index contributed by atoms with van der Waals surface area (Å²) in [5.74, 6) is -4.79. The molecule has 0 aromatic carbocycles. The van der Waals surface area contributed by atoms with Gasteiger partial charge in [0.25, 0.3) is 0 Å². The minimum absolute atomic E-state index is 0.227. The molecule has 0 radical (unpaired) electrons. The average Bonchev–Trinajstić information content (AvgIpc) is 2.95. The monoisotopic (exact) mass is 611 g/mol. The number of allylic oxidation sites excluding steroid dienone is 2. The second-order valence-corrected chi connectivity index (χ2v) is 13.4. The summed E-state index contributed by atoms with van der Waals surface area (Å²) in [5, 5.41) is 28.6. The Kier molecular flexibility index (Phi) is 25.3. The minimum atomic E-state index is -0.930. The van der Waals surface area contributed by atoms with Crippen LogP contribution in [0.3, 0.4) is 0 Å². The van der Waals surface area contributed by atoms with Gasteiger partial charge in [0.05, 0.1) is 26.2 Å². The molecule has 0 rings (SSSR count). The number of nitrogens with zero attached hydrogens (tertiary/aromatic N) is 1. The first kappa shape index (κ1) is 41.1. The summed E-state index contributed by atoms with van der Waals surface area (Å²) < 4.78 is 0.227. The number of aliphatic carboxylic acids is 3.